The molecule has 2 aromatic carbocycles. The molecule has 0 bridgehead atoms. The predicted octanol–water partition coefficient (Wildman–Crippen LogP) is 3.19. The Hall–Kier alpha value is -3.85. The van der Waals surface area contributed by atoms with E-state index in [1.165, 1.54) is 16.7 Å². The highest BCUT2D eigenvalue weighted by Crippen LogP contribution is 2.29. The van der Waals surface area contributed by atoms with Crippen molar-refractivity contribution in [1.29, 1.82) is 0 Å². The van der Waals surface area contributed by atoms with Crippen LogP contribution in [-0.4, -0.2) is 34.2 Å². The number of nitrogens with zero attached hydrogens (tertiary/aromatic N) is 5. The highest BCUT2D eigenvalue weighted by atomic mass is 19.1. The summed E-state index contributed by atoms with van der Waals surface area (Å²) in [5.41, 5.74) is 4.64. The van der Waals surface area contributed by atoms with Gasteiger partial charge in [0.25, 0.3) is 0 Å². The van der Waals surface area contributed by atoms with Gasteiger partial charge in [-0.2, -0.15) is 4.98 Å². The number of aromatic nitrogens is 6. The number of para-hydroxylation sites is 2. The molecule has 1 aliphatic carbocycles. The summed E-state index contributed by atoms with van der Waals surface area (Å²) in [5, 5.41) is 9.53. The number of halogens is 1. The van der Waals surface area contributed by atoms with E-state index in [-0.39, 0.29) is 17.6 Å². The first kappa shape index (κ1) is 20.1. The fraction of sp³-hybridized carbons (Fsp3) is 0.217. The molecule has 0 fully saturated rings. The zero-order valence-electron chi connectivity index (χ0n) is 17.4. The van der Waals surface area contributed by atoms with Crippen molar-refractivity contribution >= 4 is 22.2 Å². The van der Waals surface area contributed by atoms with Gasteiger partial charge in [0.2, 0.25) is 5.95 Å². The molecule has 8 nitrogen and oxygen atoms in total. The first-order valence-corrected chi connectivity index (χ1v) is 10.3. The van der Waals surface area contributed by atoms with E-state index in [1.54, 1.807) is 30.2 Å². The van der Waals surface area contributed by atoms with Crippen LogP contribution in [0.5, 0.6) is 0 Å². The van der Waals surface area contributed by atoms with Gasteiger partial charge in [0.1, 0.15) is 17.7 Å². The lowest BCUT2D eigenvalue weighted by atomic mass is 9.89. The fourth-order valence-corrected chi connectivity index (χ4v) is 3.99. The van der Waals surface area contributed by atoms with Gasteiger partial charge in [-0.25, -0.2) is 19.2 Å². The van der Waals surface area contributed by atoms with Crippen molar-refractivity contribution in [2.45, 2.75) is 25.4 Å². The Morgan fingerprint density at radius 2 is 2.00 bits per heavy atom. The third kappa shape index (κ3) is 3.56. The molecule has 5 aromatic rings. The van der Waals surface area contributed by atoms with Gasteiger partial charge in [0.05, 0.1) is 23.3 Å². The van der Waals surface area contributed by atoms with Crippen LogP contribution in [0, 0.1) is 5.82 Å². The molecule has 0 spiro atoms. The van der Waals surface area contributed by atoms with Gasteiger partial charge in [-0.15, -0.1) is 0 Å². The van der Waals surface area contributed by atoms with Crippen molar-refractivity contribution < 1.29 is 9.50 Å². The van der Waals surface area contributed by atoms with Gasteiger partial charge in [-0.1, -0.05) is 18.2 Å². The summed E-state index contributed by atoms with van der Waals surface area (Å²) in [6.45, 7) is 0. The minimum atomic E-state index is -0.380. The molecule has 2 N–H and O–H groups in total. The molecule has 1 atom stereocenters. The van der Waals surface area contributed by atoms with Crippen LogP contribution in [0.4, 0.5) is 4.39 Å². The number of H-pyrrole nitrogens is 1. The summed E-state index contributed by atoms with van der Waals surface area (Å²) in [7, 11) is 1.68. The van der Waals surface area contributed by atoms with Crippen molar-refractivity contribution in [2.24, 2.45) is 7.05 Å². The molecule has 162 valence electrons. The molecule has 0 amide bonds. The lowest BCUT2D eigenvalue weighted by Gasteiger charge is -2.20. The second-order valence-corrected chi connectivity index (χ2v) is 7.75. The number of rotatable bonds is 1. The van der Waals surface area contributed by atoms with E-state index in [0.717, 1.165) is 41.4 Å². The Bertz CT molecular complexity index is 1490. The van der Waals surface area contributed by atoms with Gasteiger partial charge in [-0.05, 0) is 54.7 Å². The molecular formula is C23H21FN6O2. The predicted molar refractivity (Wildman–Crippen MR) is 118 cm³/mol. The topological polar surface area (TPSA) is 102 Å². The fourth-order valence-electron chi connectivity index (χ4n) is 3.99. The molecule has 0 saturated heterocycles. The van der Waals surface area contributed by atoms with Gasteiger partial charge in [0.15, 0.2) is 5.65 Å². The van der Waals surface area contributed by atoms with E-state index < -0.39 is 0 Å². The number of nitrogens with one attached hydrogen (secondary N) is 1. The summed E-state index contributed by atoms with van der Waals surface area (Å²) in [6, 6.07) is 12.4. The van der Waals surface area contributed by atoms with Crippen LogP contribution in [0.2, 0.25) is 0 Å². The normalized spacial score (nSPS) is 15.4. The Morgan fingerprint density at radius 3 is 2.88 bits per heavy atom. The standard InChI is InChI=1S/C13H10N6O.C10H11FO/c1-18-10-6-14-12(16-11(10)17-13(18)20)19-7-15-8-4-2-3-5-9(8)19;11-8-4-5-9-7(6-8)2-1-3-10(9)12/h2-7H,1H3,(H,14,16,17,20);4-6,10,12H,1-3H2/t;10-/m.1/s1. The Balaban J connectivity index is 0.000000154. The lowest BCUT2D eigenvalue weighted by molar-refractivity contribution is 0.156. The number of hydrogen-bond donors (Lipinski definition) is 2. The molecule has 9 heteroatoms. The quantitative estimate of drug-likeness (QED) is 0.424. The number of aromatic amines is 1. The monoisotopic (exact) mass is 432 g/mol. The summed E-state index contributed by atoms with van der Waals surface area (Å²) in [6.07, 6.45) is 5.58. The SMILES string of the molecule is Cn1c(=O)[nH]c2nc(-n3cnc4ccccc43)ncc21.O[C@@H]1CCCc2cc(F)ccc21. The summed E-state index contributed by atoms with van der Waals surface area (Å²) in [4.78, 5) is 27.3. The number of fused-ring (bicyclic) bond motifs is 3. The maximum Gasteiger partial charge on any atom is 0.327 e. The lowest BCUT2D eigenvalue weighted by Crippen LogP contribution is -2.11. The minimum absolute atomic E-state index is 0.206. The van der Waals surface area contributed by atoms with E-state index in [2.05, 4.69) is 19.9 Å². The third-order valence-corrected chi connectivity index (χ3v) is 5.70. The Labute approximate surface area is 182 Å². The number of imidazole rings is 2. The van der Waals surface area contributed by atoms with E-state index in [1.807, 2.05) is 24.3 Å². The molecule has 3 aromatic heterocycles. The molecule has 0 aliphatic heterocycles. The van der Waals surface area contributed by atoms with Crippen LogP contribution in [0.1, 0.15) is 30.1 Å². The summed E-state index contributed by atoms with van der Waals surface area (Å²) < 4.78 is 16.0. The van der Waals surface area contributed by atoms with E-state index in [0.29, 0.717) is 17.1 Å². The largest absolute Gasteiger partial charge is 0.388 e. The highest BCUT2D eigenvalue weighted by Gasteiger charge is 2.17. The van der Waals surface area contributed by atoms with Crippen LogP contribution in [0.3, 0.4) is 0 Å². The maximum absolute atomic E-state index is 12.7. The van der Waals surface area contributed by atoms with Crippen LogP contribution >= 0.6 is 0 Å². The van der Waals surface area contributed by atoms with Crippen molar-refractivity contribution in [3.05, 3.63) is 82.4 Å². The molecule has 6 rings (SSSR count). The van der Waals surface area contributed by atoms with Gasteiger partial charge < -0.3 is 5.11 Å². The molecule has 0 unspecified atom stereocenters. The van der Waals surface area contributed by atoms with Crippen molar-refractivity contribution in [2.75, 3.05) is 0 Å². The van der Waals surface area contributed by atoms with Gasteiger partial charge >= 0.3 is 5.69 Å². The minimum Gasteiger partial charge on any atom is -0.388 e. The van der Waals surface area contributed by atoms with E-state index in [4.69, 9.17) is 0 Å². The van der Waals surface area contributed by atoms with E-state index in [9.17, 15) is 14.3 Å². The second kappa shape index (κ2) is 8.01. The zero-order valence-corrected chi connectivity index (χ0v) is 17.4. The highest BCUT2D eigenvalue weighted by molar-refractivity contribution is 5.77. The molecule has 0 saturated carbocycles. The first-order valence-electron chi connectivity index (χ1n) is 10.3. The first-order chi connectivity index (χ1) is 15.5. The van der Waals surface area contributed by atoms with Gasteiger partial charge in [0, 0.05) is 7.05 Å². The number of aliphatic hydroxyl groups is 1. The summed E-state index contributed by atoms with van der Waals surface area (Å²) >= 11 is 0. The number of aliphatic hydroxyl groups excluding tert-OH is 1. The molecule has 3 heterocycles. The second-order valence-electron chi connectivity index (χ2n) is 7.75. The van der Waals surface area contributed by atoms with Crippen molar-refractivity contribution in [1.82, 2.24) is 29.1 Å². The molecule has 0 radical (unpaired) electrons. The van der Waals surface area contributed by atoms with Crippen LogP contribution in [0.15, 0.2) is 59.8 Å². The molecule has 32 heavy (non-hydrogen) atoms. The average Bonchev–Trinajstić information content (AvgIpc) is 3.35. The Kier molecular flexibility index (Phi) is 5.02. The molecule has 1 aliphatic rings. The van der Waals surface area contributed by atoms with Crippen LogP contribution in [0.25, 0.3) is 28.1 Å². The smallest absolute Gasteiger partial charge is 0.327 e. The maximum atomic E-state index is 12.7. The Morgan fingerprint density at radius 1 is 1.16 bits per heavy atom. The van der Waals surface area contributed by atoms with Crippen molar-refractivity contribution in [3.63, 3.8) is 0 Å². The van der Waals surface area contributed by atoms with E-state index >= 15 is 0 Å². The average molecular weight is 432 g/mol. The van der Waals surface area contributed by atoms with Crippen molar-refractivity contribution in [3.8, 4) is 5.95 Å². The van der Waals surface area contributed by atoms with Gasteiger partial charge in [-0.3, -0.25) is 14.1 Å². The summed E-state index contributed by atoms with van der Waals surface area (Å²) in [5.74, 6) is 0.274. The number of aryl methyl sites for hydroxylation is 2. The van der Waals surface area contributed by atoms with Crippen LogP contribution in [-0.2, 0) is 13.5 Å². The number of benzene rings is 2. The number of hydrogen-bond acceptors (Lipinski definition) is 5. The van der Waals surface area contributed by atoms with Crippen LogP contribution < -0.4 is 5.69 Å². The third-order valence-electron chi connectivity index (χ3n) is 5.70. The molecular weight excluding hydrogens is 411 g/mol. The zero-order chi connectivity index (χ0) is 22.2.